The fourth-order valence-corrected chi connectivity index (χ4v) is 4.19. The smallest absolute Gasteiger partial charge is 0.348 e. The van der Waals surface area contributed by atoms with Crippen molar-refractivity contribution >= 4 is 32.4 Å². The molecule has 3 rings (SSSR count). The molecule has 1 heterocycles. The van der Waals surface area contributed by atoms with Crippen molar-refractivity contribution in [2.45, 2.75) is 17.6 Å². The van der Waals surface area contributed by atoms with Gasteiger partial charge in [-0.1, -0.05) is 0 Å². The van der Waals surface area contributed by atoms with Crippen molar-refractivity contribution in [1.82, 2.24) is 10.3 Å². The number of alkyl halides is 3. The van der Waals surface area contributed by atoms with Crippen molar-refractivity contribution in [3.8, 4) is 0 Å². The maximum Gasteiger partial charge on any atom is 0.416 e. The molecular weight excluding hydrogens is 446 g/mol. The average Bonchev–Trinajstić information content (AvgIpc) is 3.18. The number of nitrogens with one attached hydrogen (secondary N) is 2. The molecule has 0 bridgehead atoms. The van der Waals surface area contributed by atoms with Gasteiger partial charge in [-0.15, -0.1) is 11.3 Å². The predicted molar refractivity (Wildman–Crippen MR) is 102 cm³/mol. The van der Waals surface area contributed by atoms with Gasteiger partial charge in [-0.2, -0.15) is 13.2 Å². The van der Waals surface area contributed by atoms with Crippen LogP contribution in [0.25, 0.3) is 0 Å². The first-order valence-corrected chi connectivity index (χ1v) is 10.6. The molecule has 0 radical (unpaired) electrons. The third-order valence-corrected chi connectivity index (χ3v) is 6.07. The summed E-state index contributed by atoms with van der Waals surface area (Å²) in [5, 5.41) is 4.09. The number of carbonyl (C=O) groups is 1. The third-order valence-electron chi connectivity index (χ3n) is 3.89. The van der Waals surface area contributed by atoms with Crippen LogP contribution in [0.4, 0.5) is 22.7 Å². The number of anilines is 1. The molecule has 0 aliphatic rings. The van der Waals surface area contributed by atoms with Gasteiger partial charge < -0.3 is 5.32 Å². The number of amides is 1. The summed E-state index contributed by atoms with van der Waals surface area (Å²) < 4.78 is 78.8. The van der Waals surface area contributed by atoms with Gasteiger partial charge in [0.1, 0.15) is 5.82 Å². The Kier molecular flexibility index (Phi) is 6.08. The topological polar surface area (TPSA) is 88.2 Å². The van der Waals surface area contributed by atoms with Gasteiger partial charge in [-0.3, -0.25) is 9.52 Å². The Hall–Kier alpha value is -2.99. The lowest BCUT2D eigenvalue weighted by atomic mass is 10.1. The second-order valence-corrected chi connectivity index (χ2v) is 8.53. The molecule has 1 amide bonds. The Morgan fingerprint density at radius 1 is 1.10 bits per heavy atom. The lowest BCUT2D eigenvalue weighted by Crippen LogP contribution is -2.24. The molecule has 0 spiro atoms. The van der Waals surface area contributed by atoms with Crippen LogP contribution >= 0.6 is 11.3 Å². The second kappa shape index (κ2) is 8.40. The van der Waals surface area contributed by atoms with Gasteiger partial charge >= 0.3 is 6.18 Å². The van der Waals surface area contributed by atoms with E-state index in [1.807, 2.05) is 0 Å². The van der Waals surface area contributed by atoms with Gasteiger partial charge in [0.2, 0.25) is 0 Å². The first-order valence-electron chi connectivity index (χ1n) is 8.22. The van der Waals surface area contributed by atoms with Gasteiger partial charge in [0.25, 0.3) is 15.9 Å². The molecule has 2 aromatic carbocycles. The number of aromatic nitrogens is 1. The summed E-state index contributed by atoms with van der Waals surface area (Å²) in [5.41, 5.74) is -1.31. The predicted octanol–water partition coefficient (Wildman–Crippen LogP) is 4.03. The Morgan fingerprint density at radius 2 is 1.80 bits per heavy atom. The number of thiazole rings is 1. The van der Waals surface area contributed by atoms with Crippen molar-refractivity contribution < 1.29 is 30.8 Å². The van der Waals surface area contributed by atoms with Crippen LogP contribution in [0.2, 0.25) is 0 Å². The van der Waals surface area contributed by atoms with Gasteiger partial charge in [-0.25, -0.2) is 17.8 Å². The summed E-state index contributed by atoms with van der Waals surface area (Å²) in [7, 11) is -3.90. The van der Waals surface area contributed by atoms with Crippen LogP contribution in [-0.2, 0) is 22.7 Å². The molecule has 3 aromatic rings. The van der Waals surface area contributed by atoms with E-state index in [1.165, 1.54) is 30.5 Å². The first-order chi connectivity index (χ1) is 14.1. The van der Waals surface area contributed by atoms with Gasteiger partial charge in [0.15, 0.2) is 5.13 Å². The van der Waals surface area contributed by atoms with Crippen molar-refractivity contribution in [2.24, 2.45) is 0 Å². The monoisotopic (exact) mass is 459 g/mol. The SMILES string of the molecule is O=C(NCc1cc(C(F)(F)F)ccc1F)c1ccc(S(=O)(=O)Nc2nccs2)cc1. The molecule has 158 valence electrons. The Morgan fingerprint density at radius 3 is 2.40 bits per heavy atom. The van der Waals surface area contributed by atoms with E-state index in [9.17, 15) is 30.8 Å². The molecule has 0 unspecified atom stereocenters. The molecule has 0 aliphatic heterocycles. The van der Waals surface area contributed by atoms with Crippen molar-refractivity contribution in [2.75, 3.05) is 4.72 Å². The molecule has 0 saturated carbocycles. The number of carbonyl (C=O) groups excluding carboxylic acids is 1. The highest BCUT2D eigenvalue weighted by molar-refractivity contribution is 7.93. The lowest BCUT2D eigenvalue weighted by Gasteiger charge is -2.11. The normalized spacial score (nSPS) is 11.9. The maximum atomic E-state index is 13.8. The molecular formula is C18H13F4N3O3S2. The molecule has 0 aliphatic carbocycles. The fraction of sp³-hybridized carbons (Fsp3) is 0.111. The number of benzene rings is 2. The molecule has 0 saturated heterocycles. The van der Waals surface area contributed by atoms with E-state index >= 15 is 0 Å². The summed E-state index contributed by atoms with van der Waals surface area (Å²) in [6.45, 7) is -0.472. The summed E-state index contributed by atoms with van der Waals surface area (Å²) in [6, 6.07) is 6.75. The van der Waals surface area contributed by atoms with Crippen LogP contribution in [0.3, 0.4) is 0 Å². The Labute approximate surface area is 172 Å². The minimum Gasteiger partial charge on any atom is -0.348 e. The molecule has 12 heteroatoms. The van der Waals surface area contributed by atoms with Gasteiger partial charge in [0, 0.05) is 29.2 Å². The van der Waals surface area contributed by atoms with Crippen LogP contribution in [-0.4, -0.2) is 19.3 Å². The minimum absolute atomic E-state index is 0.0515. The molecule has 6 nitrogen and oxygen atoms in total. The summed E-state index contributed by atoms with van der Waals surface area (Å²) in [5.74, 6) is -1.60. The highest BCUT2D eigenvalue weighted by Gasteiger charge is 2.31. The van der Waals surface area contributed by atoms with E-state index in [2.05, 4.69) is 15.0 Å². The van der Waals surface area contributed by atoms with Crippen LogP contribution in [0.15, 0.2) is 58.9 Å². The van der Waals surface area contributed by atoms with Crippen molar-refractivity contribution in [3.05, 3.63) is 76.5 Å². The molecule has 30 heavy (non-hydrogen) atoms. The quantitative estimate of drug-likeness (QED) is 0.545. The van der Waals surface area contributed by atoms with Crippen LogP contribution < -0.4 is 10.0 Å². The van der Waals surface area contributed by atoms with Crippen LogP contribution in [0, 0.1) is 5.82 Å². The number of halogens is 4. The summed E-state index contributed by atoms with van der Waals surface area (Å²) in [4.78, 5) is 15.9. The molecule has 0 atom stereocenters. The number of rotatable bonds is 6. The number of hydrogen-bond donors (Lipinski definition) is 2. The number of sulfonamides is 1. The zero-order valence-corrected chi connectivity index (χ0v) is 16.5. The van der Waals surface area contributed by atoms with E-state index < -0.39 is 40.0 Å². The lowest BCUT2D eigenvalue weighted by molar-refractivity contribution is -0.137. The average molecular weight is 459 g/mol. The first kappa shape index (κ1) is 21.7. The zero-order chi connectivity index (χ0) is 21.9. The van der Waals surface area contributed by atoms with E-state index in [-0.39, 0.29) is 21.2 Å². The third kappa shape index (κ3) is 5.13. The fourth-order valence-electron chi connectivity index (χ4n) is 2.40. The van der Waals surface area contributed by atoms with Crippen LogP contribution in [0.5, 0.6) is 0 Å². The van der Waals surface area contributed by atoms with Crippen LogP contribution in [0.1, 0.15) is 21.5 Å². The van der Waals surface area contributed by atoms with E-state index in [0.29, 0.717) is 18.2 Å². The van der Waals surface area contributed by atoms with Gasteiger partial charge in [0.05, 0.1) is 10.5 Å². The van der Waals surface area contributed by atoms with E-state index in [1.54, 1.807) is 5.38 Å². The Balaban J connectivity index is 1.68. The largest absolute Gasteiger partial charge is 0.416 e. The van der Waals surface area contributed by atoms with Gasteiger partial charge in [-0.05, 0) is 42.5 Å². The second-order valence-electron chi connectivity index (χ2n) is 5.95. The standard InChI is InChI=1S/C18H13F4N3O3S2/c19-15-6-3-13(18(20,21)22)9-12(15)10-24-16(26)11-1-4-14(5-2-11)30(27,28)25-17-23-7-8-29-17/h1-9H,10H2,(H,23,25)(H,24,26). The number of nitrogens with zero attached hydrogens (tertiary/aromatic N) is 1. The summed E-state index contributed by atoms with van der Waals surface area (Å²) in [6.07, 6.45) is -3.20. The zero-order valence-electron chi connectivity index (χ0n) is 14.9. The van der Waals surface area contributed by atoms with E-state index in [0.717, 1.165) is 11.3 Å². The minimum atomic E-state index is -4.64. The molecule has 1 aromatic heterocycles. The summed E-state index contributed by atoms with van der Waals surface area (Å²) >= 11 is 1.09. The van der Waals surface area contributed by atoms with Crippen molar-refractivity contribution in [1.29, 1.82) is 0 Å². The van der Waals surface area contributed by atoms with E-state index in [4.69, 9.17) is 0 Å². The molecule has 2 N–H and O–H groups in total. The highest BCUT2D eigenvalue weighted by Crippen LogP contribution is 2.30. The highest BCUT2D eigenvalue weighted by atomic mass is 32.2. The Bertz CT molecular complexity index is 1150. The van der Waals surface area contributed by atoms with Crippen molar-refractivity contribution in [3.63, 3.8) is 0 Å². The number of hydrogen-bond acceptors (Lipinski definition) is 5. The maximum absolute atomic E-state index is 13.8. The molecule has 0 fully saturated rings.